The number of morpholine rings is 1. The number of fused-ring (bicyclic) bond motifs is 1. The molecule has 0 radical (unpaired) electrons. The number of aryl methyl sites for hydroxylation is 1. The summed E-state index contributed by atoms with van der Waals surface area (Å²) in [6, 6.07) is 16.8. The summed E-state index contributed by atoms with van der Waals surface area (Å²) in [6.45, 7) is 4.82. The second kappa shape index (κ2) is 7.97. The molecule has 3 aromatic rings. The molecule has 2 aromatic carbocycles. The zero-order valence-corrected chi connectivity index (χ0v) is 15.8. The van der Waals surface area contributed by atoms with Crippen LogP contribution in [-0.4, -0.2) is 42.1 Å². The predicted octanol–water partition coefficient (Wildman–Crippen LogP) is 4.11. The van der Waals surface area contributed by atoms with Crippen LogP contribution >= 0.6 is 0 Å². The number of hydrogen-bond acceptors (Lipinski definition) is 2. The van der Waals surface area contributed by atoms with Crippen molar-refractivity contribution in [3.63, 3.8) is 0 Å². The second-order valence-corrected chi connectivity index (χ2v) is 7.10. The number of benzene rings is 2. The van der Waals surface area contributed by atoms with Gasteiger partial charge in [0.2, 0.25) is 5.91 Å². The minimum absolute atomic E-state index is 0.0439. The van der Waals surface area contributed by atoms with Crippen LogP contribution in [0.15, 0.2) is 54.7 Å². The second-order valence-electron chi connectivity index (χ2n) is 7.10. The van der Waals surface area contributed by atoms with Gasteiger partial charge in [-0.25, -0.2) is 0 Å². The maximum atomic E-state index is 13.0. The van der Waals surface area contributed by atoms with Crippen molar-refractivity contribution in [3.8, 4) is 0 Å². The van der Waals surface area contributed by atoms with Crippen LogP contribution in [0.3, 0.4) is 0 Å². The molecule has 0 bridgehead atoms. The number of nitrogens with one attached hydrogen (secondary N) is 1. The third-order valence-electron chi connectivity index (χ3n) is 5.53. The molecule has 1 amide bonds. The highest BCUT2D eigenvalue weighted by Crippen LogP contribution is 2.35. The summed E-state index contributed by atoms with van der Waals surface area (Å²) < 4.78 is 5.40. The fourth-order valence-corrected chi connectivity index (χ4v) is 4.03. The van der Waals surface area contributed by atoms with Crippen LogP contribution in [0.4, 0.5) is 0 Å². The molecule has 27 heavy (non-hydrogen) atoms. The highest BCUT2D eigenvalue weighted by atomic mass is 16.5. The van der Waals surface area contributed by atoms with Gasteiger partial charge in [-0.1, -0.05) is 55.5 Å². The molecule has 140 valence electrons. The van der Waals surface area contributed by atoms with Crippen molar-refractivity contribution in [2.24, 2.45) is 0 Å². The molecular formula is C23H26N2O2. The first-order valence-electron chi connectivity index (χ1n) is 9.77. The number of aromatic amines is 1. The highest BCUT2D eigenvalue weighted by Gasteiger charge is 2.25. The predicted molar refractivity (Wildman–Crippen MR) is 108 cm³/mol. The van der Waals surface area contributed by atoms with Crippen molar-refractivity contribution in [2.45, 2.75) is 25.7 Å². The maximum Gasteiger partial charge on any atom is 0.223 e. The Balaban J connectivity index is 1.72. The van der Waals surface area contributed by atoms with Gasteiger partial charge in [0.1, 0.15) is 0 Å². The van der Waals surface area contributed by atoms with Crippen LogP contribution in [0.25, 0.3) is 10.9 Å². The van der Waals surface area contributed by atoms with Crippen LogP contribution in [0, 0.1) is 0 Å². The minimum atomic E-state index is 0.0439. The Hall–Kier alpha value is -2.59. The summed E-state index contributed by atoms with van der Waals surface area (Å²) in [7, 11) is 0. The first-order chi connectivity index (χ1) is 13.3. The van der Waals surface area contributed by atoms with E-state index in [0.29, 0.717) is 32.7 Å². The van der Waals surface area contributed by atoms with Crippen molar-refractivity contribution >= 4 is 16.8 Å². The molecule has 1 saturated heterocycles. The van der Waals surface area contributed by atoms with E-state index < -0.39 is 0 Å². The van der Waals surface area contributed by atoms with E-state index in [-0.39, 0.29) is 11.8 Å². The standard InChI is InChI=1S/C23H26N2O2/c1-2-17-9-6-10-19-21(16-24-23(17)19)20(18-7-4-3-5-8-18)15-22(26)25-11-13-27-14-12-25/h3-10,16,20,24H,2,11-15H2,1H3. The fraction of sp³-hybridized carbons (Fsp3) is 0.348. The van der Waals surface area contributed by atoms with Crippen LogP contribution in [0.5, 0.6) is 0 Å². The number of H-pyrrole nitrogens is 1. The Kier molecular flexibility index (Phi) is 5.26. The molecule has 0 aliphatic carbocycles. The smallest absolute Gasteiger partial charge is 0.223 e. The van der Waals surface area contributed by atoms with Crippen LogP contribution in [0.2, 0.25) is 0 Å². The topological polar surface area (TPSA) is 45.3 Å². The monoisotopic (exact) mass is 362 g/mol. The van der Waals surface area contributed by atoms with Gasteiger partial charge in [0.05, 0.1) is 13.2 Å². The largest absolute Gasteiger partial charge is 0.378 e. The summed E-state index contributed by atoms with van der Waals surface area (Å²) in [4.78, 5) is 18.4. The molecule has 1 atom stereocenters. The average Bonchev–Trinajstić information content (AvgIpc) is 3.17. The average molecular weight is 362 g/mol. The van der Waals surface area contributed by atoms with Gasteiger partial charge in [-0.3, -0.25) is 4.79 Å². The maximum absolute atomic E-state index is 13.0. The van der Waals surface area contributed by atoms with E-state index in [1.807, 2.05) is 23.1 Å². The molecular weight excluding hydrogens is 336 g/mol. The zero-order chi connectivity index (χ0) is 18.6. The molecule has 1 unspecified atom stereocenters. The zero-order valence-electron chi connectivity index (χ0n) is 15.8. The molecule has 1 aliphatic heterocycles. The number of rotatable bonds is 5. The number of carbonyl (C=O) groups is 1. The number of ether oxygens (including phenoxy) is 1. The van der Waals surface area contributed by atoms with Gasteiger partial charge in [-0.05, 0) is 23.1 Å². The van der Waals surface area contributed by atoms with E-state index in [1.165, 1.54) is 27.6 Å². The molecule has 0 saturated carbocycles. The van der Waals surface area contributed by atoms with Crippen molar-refractivity contribution in [2.75, 3.05) is 26.3 Å². The number of nitrogens with zero attached hydrogens (tertiary/aromatic N) is 1. The van der Waals surface area contributed by atoms with Gasteiger partial charge in [-0.15, -0.1) is 0 Å². The summed E-state index contributed by atoms with van der Waals surface area (Å²) in [5.74, 6) is 0.246. The van der Waals surface area contributed by atoms with Crippen molar-refractivity contribution in [1.82, 2.24) is 9.88 Å². The lowest BCUT2D eigenvalue weighted by Crippen LogP contribution is -2.41. The van der Waals surface area contributed by atoms with Crippen LogP contribution in [-0.2, 0) is 16.0 Å². The molecule has 4 rings (SSSR count). The van der Waals surface area contributed by atoms with E-state index in [9.17, 15) is 4.79 Å². The number of aromatic nitrogens is 1. The summed E-state index contributed by atoms with van der Waals surface area (Å²) in [5.41, 5.74) is 4.88. The van der Waals surface area contributed by atoms with Gasteiger partial charge in [0.15, 0.2) is 0 Å². The van der Waals surface area contributed by atoms with E-state index in [4.69, 9.17) is 4.74 Å². The van der Waals surface area contributed by atoms with Crippen LogP contribution < -0.4 is 0 Å². The van der Waals surface area contributed by atoms with E-state index >= 15 is 0 Å². The van der Waals surface area contributed by atoms with Gasteiger partial charge < -0.3 is 14.6 Å². The Morgan fingerprint density at radius 2 is 1.89 bits per heavy atom. The first kappa shape index (κ1) is 17.8. The van der Waals surface area contributed by atoms with E-state index in [1.54, 1.807) is 0 Å². The molecule has 2 heterocycles. The lowest BCUT2D eigenvalue weighted by atomic mass is 9.87. The molecule has 1 fully saturated rings. The lowest BCUT2D eigenvalue weighted by molar-refractivity contribution is -0.135. The summed E-state index contributed by atoms with van der Waals surface area (Å²) in [5, 5.41) is 1.22. The van der Waals surface area contributed by atoms with Gasteiger partial charge in [-0.2, -0.15) is 0 Å². The van der Waals surface area contributed by atoms with Gasteiger partial charge in [0, 0.05) is 42.5 Å². The number of carbonyl (C=O) groups excluding carboxylic acids is 1. The molecule has 4 nitrogen and oxygen atoms in total. The summed E-state index contributed by atoms with van der Waals surface area (Å²) in [6.07, 6.45) is 3.56. The van der Waals surface area contributed by atoms with Crippen molar-refractivity contribution in [1.29, 1.82) is 0 Å². The SMILES string of the molecule is CCc1cccc2c(C(CC(=O)N3CCOCC3)c3ccccc3)c[nH]c12. The summed E-state index contributed by atoms with van der Waals surface area (Å²) >= 11 is 0. The van der Waals surface area contributed by atoms with E-state index in [2.05, 4.69) is 48.4 Å². The number of hydrogen-bond donors (Lipinski definition) is 1. The van der Waals surface area contributed by atoms with Gasteiger partial charge in [0.25, 0.3) is 0 Å². The van der Waals surface area contributed by atoms with Crippen LogP contribution in [0.1, 0.15) is 36.0 Å². The van der Waals surface area contributed by atoms with E-state index in [0.717, 1.165) is 6.42 Å². The van der Waals surface area contributed by atoms with Crippen molar-refractivity contribution < 1.29 is 9.53 Å². The molecule has 1 aliphatic rings. The normalized spacial score (nSPS) is 15.8. The quantitative estimate of drug-likeness (QED) is 0.742. The fourth-order valence-electron chi connectivity index (χ4n) is 4.03. The molecule has 0 spiro atoms. The number of amides is 1. The van der Waals surface area contributed by atoms with Gasteiger partial charge >= 0.3 is 0 Å². The first-order valence-corrected chi connectivity index (χ1v) is 9.77. The molecule has 1 N–H and O–H groups in total. The minimum Gasteiger partial charge on any atom is -0.378 e. The number of para-hydroxylation sites is 1. The Morgan fingerprint density at radius 3 is 2.63 bits per heavy atom. The Morgan fingerprint density at radius 1 is 1.11 bits per heavy atom. The Bertz CT molecular complexity index is 911. The lowest BCUT2D eigenvalue weighted by Gasteiger charge is -2.28. The third kappa shape index (κ3) is 3.62. The molecule has 4 heteroatoms. The highest BCUT2D eigenvalue weighted by molar-refractivity contribution is 5.88. The Labute approximate surface area is 160 Å². The van der Waals surface area contributed by atoms with Crippen molar-refractivity contribution in [3.05, 3.63) is 71.4 Å². The molecule has 1 aromatic heterocycles. The third-order valence-corrected chi connectivity index (χ3v) is 5.53.